The molecule has 0 spiro atoms. The highest BCUT2D eigenvalue weighted by Gasteiger charge is 2.26. The first-order valence-corrected chi connectivity index (χ1v) is 4.87. The lowest BCUT2D eigenvalue weighted by Crippen LogP contribution is -2.34. The van der Waals surface area contributed by atoms with Gasteiger partial charge in [0.1, 0.15) is 6.17 Å². The number of nitrogens with one attached hydrogen (secondary N) is 1. The lowest BCUT2D eigenvalue weighted by Gasteiger charge is -2.18. The molecule has 0 bridgehead atoms. The number of rotatable bonds is 5. The zero-order valence-corrected chi connectivity index (χ0v) is 8.37. The van der Waals surface area contributed by atoms with E-state index in [-0.39, 0.29) is 12.6 Å². The molecule has 0 saturated carbocycles. The zero-order valence-electron chi connectivity index (χ0n) is 8.37. The number of carboxylic acids is 1. The van der Waals surface area contributed by atoms with Crippen LogP contribution in [-0.4, -0.2) is 54.9 Å². The molecule has 0 aromatic rings. The van der Waals surface area contributed by atoms with E-state index in [9.17, 15) is 9.18 Å². The molecule has 0 aliphatic carbocycles. The highest BCUT2D eigenvalue weighted by atomic mass is 19.1. The fourth-order valence-corrected chi connectivity index (χ4v) is 1.69. The van der Waals surface area contributed by atoms with Gasteiger partial charge in [0.15, 0.2) is 0 Å². The van der Waals surface area contributed by atoms with E-state index < -0.39 is 12.1 Å². The third-order valence-corrected chi connectivity index (χ3v) is 2.49. The minimum Gasteiger partial charge on any atom is -0.480 e. The van der Waals surface area contributed by atoms with Crippen LogP contribution in [0.2, 0.25) is 0 Å². The average molecular weight is 204 g/mol. The van der Waals surface area contributed by atoms with Gasteiger partial charge in [0.2, 0.25) is 0 Å². The second-order valence-corrected chi connectivity index (χ2v) is 3.79. The van der Waals surface area contributed by atoms with Crippen LogP contribution in [0.5, 0.6) is 0 Å². The van der Waals surface area contributed by atoms with Gasteiger partial charge >= 0.3 is 5.97 Å². The number of alkyl halides is 1. The van der Waals surface area contributed by atoms with Gasteiger partial charge in [-0.2, -0.15) is 0 Å². The van der Waals surface area contributed by atoms with Gasteiger partial charge in [-0.15, -0.1) is 0 Å². The van der Waals surface area contributed by atoms with Crippen LogP contribution in [0, 0.1) is 0 Å². The van der Waals surface area contributed by atoms with Crippen LogP contribution in [0.25, 0.3) is 0 Å². The summed E-state index contributed by atoms with van der Waals surface area (Å²) in [4.78, 5) is 12.0. The summed E-state index contributed by atoms with van der Waals surface area (Å²) in [5, 5.41) is 11.6. The Kier molecular flexibility index (Phi) is 4.28. The molecule has 82 valence electrons. The van der Waals surface area contributed by atoms with Gasteiger partial charge in [0, 0.05) is 12.6 Å². The van der Waals surface area contributed by atoms with E-state index in [0.717, 1.165) is 6.54 Å². The molecule has 1 rings (SSSR count). The van der Waals surface area contributed by atoms with Gasteiger partial charge in [-0.1, -0.05) is 0 Å². The summed E-state index contributed by atoms with van der Waals surface area (Å²) in [6.07, 6.45) is 0.478. The van der Waals surface area contributed by atoms with Crippen LogP contribution in [0.4, 0.5) is 4.39 Å². The van der Waals surface area contributed by atoms with E-state index >= 15 is 0 Å². The standard InChI is InChI=1S/C9H17FN2O2/c1-12(6-9(13)14)5-3-8-7(10)2-4-11-8/h7-8,11H,2-6H2,1H3,(H,13,14). The molecule has 0 aromatic heterocycles. The molecule has 1 fully saturated rings. The summed E-state index contributed by atoms with van der Waals surface area (Å²) < 4.78 is 13.1. The minimum atomic E-state index is -0.844. The SMILES string of the molecule is CN(CCC1NCCC1F)CC(=O)O. The van der Waals surface area contributed by atoms with Crippen LogP contribution in [-0.2, 0) is 4.79 Å². The summed E-state index contributed by atoms with van der Waals surface area (Å²) >= 11 is 0. The fourth-order valence-electron chi connectivity index (χ4n) is 1.69. The predicted octanol–water partition coefficient (Wildman–Crippen LogP) is 0.0929. The molecule has 4 nitrogen and oxygen atoms in total. The van der Waals surface area contributed by atoms with E-state index in [1.54, 1.807) is 11.9 Å². The van der Waals surface area contributed by atoms with Crippen LogP contribution in [0.3, 0.4) is 0 Å². The van der Waals surface area contributed by atoms with Crippen molar-refractivity contribution >= 4 is 5.97 Å². The normalized spacial score (nSPS) is 27.1. The maximum Gasteiger partial charge on any atom is 0.317 e. The Morgan fingerprint density at radius 2 is 2.43 bits per heavy atom. The molecule has 0 amide bonds. The van der Waals surface area contributed by atoms with Gasteiger partial charge in [0.05, 0.1) is 6.54 Å². The van der Waals surface area contributed by atoms with Crippen molar-refractivity contribution in [2.24, 2.45) is 0 Å². The van der Waals surface area contributed by atoms with Crippen molar-refractivity contribution in [1.82, 2.24) is 10.2 Å². The first-order chi connectivity index (χ1) is 6.59. The number of carbonyl (C=O) groups is 1. The molecule has 5 heteroatoms. The van der Waals surface area contributed by atoms with Crippen molar-refractivity contribution in [3.8, 4) is 0 Å². The maximum atomic E-state index is 13.1. The number of hydrogen-bond donors (Lipinski definition) is 2. The summed E-state index contributed by atoms with van der Waals surface area (Å²) in [7, 11) is 1.73. The summed E-state index contributed by atoms with van der Waals surface area (Å²) in [5.41, 5.74) is 0. The largest absolute Gasteiger partial charge is 0.480 e. The molecule has 1 aliphatic rings. The lowest BCUT2D eigenvalue weighted by molar-refractivity contribution is -0.138. The molecule has 1 saturated heterocycles. The number of carboxylic acid groups (broad SMARTS) is 1. The van der Waals surface area contributed by atoms with E-state index in [2.05, 4.69) is 5.32 Å². The summed E-state index contributed by atoms with van der Waals surface area (Å²) in [6.45, 7) is 1.36. The van der Waals surface area contributed by atoms with Gasteiger partial charge in [-0.05, 0) is 26.4 Å². The van der Waals surface area contributed by atoms with E-state index in [1.807, 2.05) is 0 Å². The Labute approximate surface area is 83.1 Å². The van der Waals surface area contributed by atoms with Crippen LogP contribution >= 0.6 is 0 Å². The molecule has 1 aliphatic heterocycles. The van der Waals surface area contributed by atoms with Crippen LogP contribution < -0.4 is 5.32 Å². The van der Waals surface area contributed by atoms with Crippen molar-refractivity contribution in [3.63, 3.8) is 0 Å². The van der Waals surface area contributed by atoms with Gasteiger partial charge in [0.25, 0.3) is 0 Å². The highest BCUT2D eigenvalue weighted by Crippen LogP contribution is 2.13. The predicted molar refractivity (Wildman–Crippen MR) is 51.1 cm³/mol. The number of hydrogen-bond acceptors (Lipinski definition) is 3. The number of aliphatic carboxylic acids is 1. The van der Waals surface area contributed by atoms with Gasteiger partial charge in [-0.3, -0.25) is 9.69 Å². The third-order valence-electron chi connectivity index (χ3n) is 2.49. The molecule has 2 unspecified atom stereocenters. The number of likely N-dealkylation sites (N-methyl/N-ethyl adjacent to an activating group) is 1. The van der Waals surface area contributed by atoms with Crippen molar-refractivity contribution in [3.05, 3.63) is 0 Å². The molecule has 14 heavy (non-hydrogen) atoms. The van der Waals surface area contributed by atoms with Gasteiger partial charge in [-0.25, -0.2) is 4.39 Å². The molecule has 0 aromatic carbocycles. The van der Waals surface area contributed by atoms with Crippen molar-refractivity contribution < 1.29 is 14.3 Å². The highest BCUT2D eigenvalue weighted by molar-refractivity contribution is 5.68. The fraction of sp³-hybridized carbons (Fsp3) is 0.889. The second kappa shape index (κ2) is 5.26. The number of halogens is 1. The van der Waals surface area contributed by atoms with Crippen molar-refractivity contribution in [2.75, 3.05) is 26.7 Å². The van der Waals surface area contributed by atoms with E-state index in [4.69, 9.17) is 5.11 Å². The molecule has 0 radical (unpaired) electrons. The first-order valence-electron chi connectivity index (χ1n) is 4.87. The number of nitrogens with zero attached hydrogens (tertiary/aromatic N) is 1. The molecule has 2 N–H and O–H groups in total. The van der Waals surface area contributed by atoms with Crippen LogP contribution in [0.15, 0.2) is 0 Å². The second-order valence-electron chi connectivity index (χ2n) is 3.79. The Morgan fingerprint density at radius 3 is 2.93 bits per heavy atom. The Balaban J connectivity index is 2.16. The van der Waals surface area contributed by atoms with Crippen molar-refractivity contribution in [2.45, 2.75) is 25.1 Å². The maximum absolute atomic E-state index is 13.1. The molecular weight excluding hydrogens is 187 g/mol. The summed E-state index contributed by atoms with van der Waals surface area (Å²) in [5.74, 6) is -0.844. The average Bonchev–Trinajstić information content (AvgIpc) is 2.46. The molecule has 2 atom stereocenters. The lowest BCUT2D eigenvalue weighted by atomic mass is 10.1. The van der Waals surface area contributed by atoms with Crippen molar-refractivity contribution in [1.29, 1.82) is 0 Å². The smallest absolute Gasteiger partial charge is 0.317 e. The van der Waals surface area contributed by atoms with Gasteiger partial charge < -0.3 is 10.4 Å². The van der Waals surface area contributed by atoms with E-state index in [1.165, 1.54) is 0 Å². The topological polar surface area (TPSA) is 52.6 Å². The Morgan fingerprint density at radius 1 is 1.71 bits per heavy atom. The Bertz CT molecular complexity index is 201. The Hall–Kier alpha value is -0.680. The monoisotopic (exact) mass is 204 g/mol. The quantitative estimate of drug-likeness (QED) is 0.666. The molecular formula is C9H17FN2O2. The van der Waals surface area contributed by atoms with Crippen LogP contribution in [0.1, 0.15) is 12.8 Å². The van der Waals surface area contributed by atoms with E-state index in [0.29, 0.717) is 19.4 Å². The first kappa shape index (κ1) is 11.4. The molecule has 1 heterocycles. The third kappa shape index (κ3) is 3.59. The zero-order chi connectivity index (χ0) is 10.6. The minimum absolute atomic E-state index is 0.0175. The summed E-state index contributed by atoms with van der Waals surface area (Å²) in [6, 6.07) is -0.0914.